The highest BCUT2D eigenvalue weighted by atomic mass is 35.5. The van der Waals surface area contributed by atoms with Gasteiger partial charge in [-0.1, -0.05) is 29.8 Å². The predicted molar refractivity (Wildman–Crippen MR) is 93.1 cm³/mol. The maximum absolute atomic E-state index is 13.0. The van der Waals surface area contributed by atoms with Gasteiger partial charge in [-0.05, 0) is 37.5 Å². The van der Waals surface area contributed by atoms with Gasteiger partial charge < -0.3 is 4.90 Å². The van der Waals surface area contributed by atoms with Crippen LogP contribution in [0.4, 0.5) is 0 Å². The lowest BCUT2D eigenvalue weighted by Gasteiger charge is -2.25. The molecule has 0 spiro atoms. The number of benzene rings is 1. The van der Waals surface area contributed by atoms with E-state index in [1.54, 1.807) is 6.20 Å². The molecule has 0 saturated carbocycles. The number of halogens is 1. The number of carbonyl (C=O) groups is 1. The van der Waals surface area contributed by atoms with Crippen LogP contribution in [-0.4, -0.2) is 32.5 Å². The third-order valence-electron chi connectivity index (χ3n) is 4.63. The molecule has 0 bridgehead atoms. The number of carbonyl (C=O) groups excluding carboxylic acids is 1. The lowest BCUT2D eigenvalue weighted by atomic mass is 10.0. The SMILES string of the molecule is Cc1[nH]nc2ncc(C(=O)N3CCC[C@H]3c3ccccc3Cl)cc12. The molecule has 0 aliphatic carbocycles. The molecular weight excluding hydrogens is 324 g/mol. The molecule has 1 aliphatic rings. The van der Waals surface area contributed by atoms with Gasteiger partial charge in [-0.25, -0.2) is 4.98 Å². The number of fused-ring (bicyclic) bond motifs is 1. The fraction of sp³-hybridized carbons (Fsp3) is 0.278. The van der Waals surface area contributed by atoms with Crippen molar-refractivity contribution in [2.45, 2.75) is 25.8 Å². The summed E-state index contributed by atoms with van der Waals surface area (Å²) in [4.78, 5) is 19.2. The van der Waals surface area contributed by atoms with Crippen LogP contribution in [0.3, 0.4) is 0 Å². The molecule has 1 aromatic carbocycles. The van der Waals surface area contributed by atoms with E-state index in [1.165, 1.54) is 0 Å². The quantitative estimate of drug-likeness (QED) is 0.769. The van der Waals surface area contributed by atoms with E-state index in [4.69, 9.17) is 11.6 Å². The summed E-state index contributed by atoms with van der Waals surface area (Å²) >= 11 is 6.34. The van der Waals surface area contributed by atoms with Crippen molar-refractivity contribution in [2.24, 2.45) is 0 Å². The van der Waals surface area contributed by atoms with E-state index in [0.717, 1.165) is 36.0 Å². The van der Waals surface area contributed by atoms with Crippen LogP contribution in [0.5, 0.6) is 0 Å². The molecule has 6 heteroatoms. The first kappa shape index (κ1) is 15.1. The van der Waals surface area contributed by atoms with Crippen molar-refractivity contribution in [3.05, 3.63) is 58.4 Å². The van der Waals surface area contributed by atoms with Crippen LogP contribution in [0.15, 0.2) is 36.5 Å². The van der Waals surface area contributed by atoms with Gasteiger partial charge in [0.1, 0.15) is 0 Å². The topological polar surface area (TPSA) is 61.9 Å². The summed E-state index contributed by atoms with van der Waals surface area (Å²) < 4.78 is 0. The number of aromatic nitrogens is 3. The summed E-state index contributed by atoms with van der Waals surface area (Å²) in [6, 6.07) is 9.63. The van der Waals surface area contributed by atoms with Crippen LogP contribution in [0, 0.1) is 6.92 Å². The average Bonchev–Trinajstić information content (AvgIpc) is 3.22. The minimum absolute atomic E-state index is 0.00702. The summed E-state index contributed by atoms with van der Waals surface area (Å²) in [5, 5.41) is 8.60. The summed E-state index contributed by atoms with van der Waals surface area (Å²) in [5.41, 5.74) is 3.15. The standard InChI is InChI=1S/C18H17ClN4O/c1-11-14-9-12(10-20-17(14)22-21-11)18(24)23-8-4-7-16(23)13-5-2-3-6-15(13)19/h2-3,5-6,9-10,16H,4,7-8H2,1H3,(H,20,21,22)/t16-/m0/s1. The van der Waals surface area contributed by atoms with Crippen LogP contribution < -0.4 is 0 Å². The number of amides is 1. The Morgan fingerprint density at radius 1 is 1.38 bits per heavy atom. The molecule has 5 nitrogen and oxygen atoms in total. The lowest BCUT2D eigenvalue weighted by Crippen LogP contribution is -2.30. The highest BCUT2D eigenvalue weighted by molar-refractivity contribution is 6.31. The Hall–Kier alpha value is -2.40. The first-order valence-corrected chi connectivity index (χ1v) is 8.39. The molecule has 122 valence electrons. The molecule has 3 aromatic rings. The van der Waals surface area contributed by atoms with Crippen molar-refractivity contribution >= 4 is 28.5 Å². The maximum atomic E-state index is 13.0. The molecule has 4 rings (SSSR count). The van der Waals surface area contributed by atoms with Gasteiger partial charge in [-0.15, -0.1) is 0 Å². The number of likely N-dealkylation sites (tertiary alicyclic amines) is 1. The lowest BCUT2D eigenvalue weighted by molar-refractivity contribution is 0.0735. The molecule has 1 N–H and O–H groups in total. The van der Waals surface area contributed by atoms with Crippen LogP contribution in [0.2, 0.25) is 5.02 Å². The Balaban J connectivity index is 1.69. The van der Waals surface area contributed by atoms with E-state index in [-0.39, 0.29) is 11.9 Å². The Bertz CT molecular complexity index is 920. The van der Waals surface area contributed by atoms with Crippen LogP contribution >= 0.6 is 11.6 Å². The van der Waals surface area contributed by atoms with Crippen LogP contribution in [0.25, 0.3) is 11.0 Å². The zero-order valence-corrected chi connectivity index (χ0v) is 14.0. The molecule has 1 amide bonds. The highest BCUT2D eigenvalue weighted by Crippen LogP contribution is 2.36. The molecule has 1 saturated heterocycles. The van der Waals surface area contributed by atoms with Gasteiger partial charge in [-0.2, -0.15) is 5.10 Å². The number of nitrogens with zero attached hydrogens (tertiary/aromatic N) is 3. The summed E-state index contributed by atoms with van der Waals surface area (Å²) in [6.07, 6.45) is 3.50. The number of nitrogens with one attached hydrogen (secondary N) is 1. The van der Waals surface area contributed by atoms with Gasteiger partial charge in [0.05, 0.1) is 11.6 Å². The molecule has 24 heavy (non-hydrogen) atoms. The predicted octanol–water partition coefficient (Wildman–Crippen LogP) is 3.90. The molecule has 3 heterocycles. The van der Waals surface area contributed by atoms with Crippen LogP contribution in [-0.2, 0) is 0 Å². The van der Waals surface area contributed by atoms with Gasteiger partial charge in [-0.3, -0.25) is 9.89 Å². The van der Waals surface area contributed by atoms with E-state index in [1.807, 2.05) is 42.2 Å². The van der Waals surface area contributed by atoms with E-state index < -0.39 is 0 Å². The molecular formula is C18H17ClN4O. The highest BCUT2D eigenvalue weighted by Gasteiger charge is 2.32. The second-order valence-corrected chi connectivity index (χ2v) is 6.53. The molecule has 1 atom stereocenters. The number of aryl methyl sites for hydroxylation is 1. The van der Waals surface area contributed by atoms with Gasteiger partial charge in [0.2, 0.25) is 0 Å². The third-order valence-corrected chi connectivity index (χ3v) is 4.97. The minimum atomic E-state index is -0.00702. The van der Waals surface area contributed by atoms with Crippen LogP contribution in [0.1, 0.15) is 40.5 Å². The largest absolute Gasteiger partial charge is 0.332 e. The van der Waals surface area contributed by atoms with Crippen molar-refractivity contribution in [3.63, 3.8) is 0 Å². The zero-order chi connectivity index (χ0) is 16.7. The number of H-pyrrole nitrogens is 1. The monoisotopic (exact) mass is 340 g/mol. The third kappa shape index (κ3) is 2.45. The average molecular weight is 341 g/mol. The van der Waals surface area contributed by atoms with Gasteiger partial charge in [0, 0.05) is 28.8 Å². The summed E-state index contributed by atoms with van der Waals surface area (Å²) in [5.74, 6) is -0.00702. The van der Waals surface area contributed by atoms with E-state index >= 15 is 0 Å². The Morgan fingerprint density at radius 3 is 3.04 bits per heavy atom. The molecule has 0 radical (unpaired) electrons. The second-order valence-electron chi connectivity index (χ2n) is 6.12. The smallest absolute Gasteiger partial charge is 0.255 e. The number of hydrogen-bond donors (Lipinski definition) is 1. The Kier molecular flexibility index (Phi) is 3.73. The summed E-state index contributed by atoms with van der Waals surface area (Å²) in [6.45, 7) is 2.66. The fourth-order valence-corrected chi connectivity index (χ4v) is 3.64. The first-order chi connectivity index (χ1) is 11.6. The van der Waals surface area contributed by atoms with Gasteiger partial charge >= 0.3 is 0 Å². The van der Waals surface area contributed by atoms with E-state index in [2.05, 4.69) is 15.2 Å². The second kappa shape index (κ2) is 5.91. The number of pyridine rings is 1. The van der Waals surface area contributed by atoms with Crippen molar-refractivity contribution < 1.29 is 4.79 Å². The number of aromatic amines is 1. The minimum Gasteiger partial charge on any atom is -0.332 e. The first-order valence-electron chi connectivity index (χ1n) is 8.01. The maximum Gasteiger partial charge on any atom is 0.255 e. The van der Waals surface area contributed by atoms with E-state index in [0.29, 0.717) is 16.2 Å². The normalized spacial score (nSPS) is 17.6. The fourth-order valence-electron chi connectivity index (χ4n) is 3.38. The Labute approximate surface area is 144 Å². The molecule has 1 fully saturated rings. The van der Waals surface area contributed by atoms with Crippen molar-refractivity contribution in [1.29, 1.82) is 0 Å². The molecule has 2 aromatic heterocycles. The van der Waals surface area contributed by atoms with Crippen molar-refractivity contribution in [1.82, 2.24) is 20.1 Å². The van der Waals surface area contributed by atoms with Crippen molar-refractivity contribution in [3.8, 4) is 0 Å². The molecule has 0 unspecified atom stereocenters. The van der Waals surface area contributed by atoms with Crippen molar-refractivity contribution in [2.75, 3.05) is 6.54 Å². The zero-order valence-electron chi connectivity index (χ0n) is 13.3. The number of rotatable bonds is 2. The van der Waals surface area contributed by atoms with Gasteiger partial charge in [0.15, 0.2) is 5.65 Å². The van der Waals surface area contributed by atoms with E-state index in [9.17, 15) is 4.79 Å². The summed E-state index contributed by atoms with van der Waals surface area (Å²) in [7, 11) is 0. The Morgan fingerprint density at radius 2 is 2.21 bits per heavy atom. The van der Waals surface area contributed by atoms with Gasteiger partial charge in [0.25, 0.3) is 5.91 Å². The number of hydrogen-bond acceptors (Lipinski definition) is 3. The molecule has 1 aliphatic heterocycles.